The molecule has 1 fully saturated rings. The van der Waals surface area contributed by atoms with Gasteiger partial charge in [-0.1, -0.05) is 18.2 Å². The van der Waals surface area contributed by atoms with E-state index in [1.807, 2.05) is 19.9 Å². The first-order valence-corrected chi connectivity index (χ1v) is 13.1. The summed E-state index contributed by atoms with van der Waals surface area (Å²) in [5.74, 6) is 1.23. The number of fused-ring (bicyclic) bond motifs is 1. The molecule has 2 aromatic heterocycles. The van der Waals surface area contributed by atoms with Gasteiger partial charge in [-0.2, -0.15) is 4.98 Å². The molecule has 5 rings (SSSR count). The van der Waals surface area contributed by atoms with Crippen molar-refractivity contribution in [3.8, 4) is 22.6 Å². The van der Waals surface area contributed by atoms with Crippen LogP contribution in [0, 0.1) is 5.82 Å². The van der Waals surface area contributed by atoms with Crippen molar-refractivity contribution in [3.05, 3.63) is 65.7 Å². The molecule has 2 aromatic carbocycles. The van der Waals surface area contributed by atoms with Crippen molar-refractivity contribution in [2.75, 3.05) is 31.6 Å². The number of aliphatic hydroxyl groups is 1. The summed E-state index contributed by atoms with van der Waals surface area (Å²) in [5.41, 5.74) is 4.48. The molecule has 0 amide bonds. The highest BCUT2D eigenvalue weighted by Crippen LogP contribution is 2.42. The van der Waals surface area contributed by atoms with Crippen LogP contribution in [-0.2, 0) is 13.2 Å². The molecule has 2 N–H and O–H groups in total. The van der Waals surface area contributed by atoms with Crippen molar-refractivity contribution in [2.24, 2.45) is 0 Å². The Labute approximate surface area is 221 Å². The number of hydrogen-bond acceptors (Lipinski definition) is 8. The number of anilines is 1. The molecule has 3 heterocycles. The molecule has 200 valence electrons. The number of nitrogens with one attached hydrogen (secondary N) is 1. The smallest absolute Gasteiger partial charge is 0.295 e. The van der Waals surface area contributed by atoms with E-state index < -0.39 is 0 Å². The van der Waals surface area contributed by atoms with Gasteiger partial charge in [0.2, 0.25) is 0 Å². The summed E-state index contributed by atoms with van der Waals surface area (Å²) in [5, 5.41) is 12.9. The molecule has 9 heteroatoms. The molecular weight excluding hydrogens is 487 g/mol. The number of piperidine rings is 1. The third-order valence-electron chi connectivity index (χ3n) is 6.76. The van der Waals surface area contributed by atoms with Gasteiger partial charge in [0.05, 0.1) is 25.4 Å². The maximum atomic E-state index is 13.6. The number of rotatable bonds is 10. The Morgan fingerprint density at radius 2 is 1.82 bits per heavy atom. The molecule has 0 atom stereocenters. The van der Waals surface area contributed by atoms with Crippen molar-refractivity contribution in [2.45, 2.75) is 45.9 Å². The Bertz CT molecular complexity index is 1370. The zero-order chi connectivity index (χ0) is 26.5. The summed E-state index contributed by atoms with van der Waals surface area (Å²) in [6.07, 6.45) is 3.48. The quantitative estimate of drug-likeness (QED) is 0.287. The Hall–Kier alpha value is -3.69. The van der Waals surface area contributed by atoms with E-state index in [0.717, 1.165) is 60.7 Å². The maximum Gasteiger partial charge on any atom is 0.295 e. The van der Waals surface area contributed by atoms with Crippen LogP contribution in [0.1, 0.15) is 37.9 Å². The van der Waals surface area contributed by atoms with Gasteiger partial charge in [-0.15, -0.1) is 0 Å². The molecule has 1 saturated heterocycles. The van der Waals surface area contributed by atoms with Crippen LogP contribution in [0.25, 0.3) is 22.2 Å². The zero-order valence-electron chi connectivity index (χ0n) is 21.7. The van der Waals surface area contributed by atoms with Crippen LogP contribution in [0.4, 0.5) is 10.4 Å². The first-order chi connectivity index (χ1) is 18.6. The first kappa shape index (κ1) is 25.9. The predicted octanol–water partition coefficient (Wildman–Crippen LogP) is 5.40. The summed E-state index contributed by atoms with van der Waals surface area (Å²) < 4.78 is 31.6. The minimum absolute atomic E-state index is 0.192. The van der Waals surface area contributed by atoms with E-state index in [1.54, 1.807) is 24.4 Å². The van der Waals surface area contributed by atoms with Crippen LogP contribution in [0.3, 0.4) is 0 Å². The van der Waals surface area contributed by atoms with Gasteiger partial charge in [-0.25, -0.2) is 4.39 Å². The van der Waals surface area contributed by atoms with Crippen LogP contribution in [-0.4, -0.2) is 52.3 Å². The number of pyridine rings is 1. The van der Waals surface area contributed by atoms with Gasteiger partial charge in [0, 0.05) is 37.4 Å². The second-order valence-corrected chi connectivity index (χ2v) is 9.28. The number of oxazole rings is 1. The van der Waals surface area contributed by atoms with Crippen molar-refractivity contribution in [1.29, 1.82) is 0 Å². The number of aliphatic hydroxyl groups excluding tert-OH is 1. The molecule has 8 nitrogen and oxygen atoms in total. The minimum atomic E-state index is -0.277. The lowest BCUT2D eigenvalue weighted by molar-refractivity contribution is 0.206. The molecular formula is C29H33FN4O4. The van der Waals surface area contributed by atoms with E-state index in [1.165, 1.54) is 12.1 Å². The fourth-order valence-electron chi connectivity index (χ4n) is 4.94. The van der Waals surface area contributed by atoms with Crippen LogP contribution < -0.4 is 14.8 Å². The normalized spacial score (nSPS) is 14.6. The van der Waals surface area contributed by atoms with Crippen LogP contribution in [0.2, 0.25) is 0 Å². The highest BCUT2D eigenvalue weighted by molar-refractivity contribution is 5.78. The lowest BCUT2D eigenvalue weighted by atomic mass is 9.98. The van der Waals surface area contributed by atoms with E-state index >= 15 is 0 Å². The number of nitrogens with zero attached hydrogens (tertiary/aromatic N) is 3. The van der Waals surface area contributed by atoms with Gasteiger partial charge in [0.1, 0.15) is 28.5 Å². The largest absolute Gasteiger partial charge is 0.493 e. The van der Waals surface area contributed by atoms with Crippen molar-refractivity contribution in [1.82, 2.24) is 14.9 Å². The third-order valence-corrected chi connectivity index (χ3v) is 6.76. The van der Waals surface area contributed by atoms with Crippen molar-refractivity contribution < 1.29 is 23.4 Å². The van der Waals surface area contributed by atoms with Crippen LogP contribution >= 0.6 is 0 Å². The molecule has 38 heavy (non-hydrogen) atoms. The van der Waals surface area contributed by atoms with E-state index in [2.05, 4.69) is 26.3 Å². The van der Waals surface area contributed by atoms with E-state index in [0.29, 0.717) is 36.0 Å². The van der Waals surface area contributed by atoms with Gasteiger partial charge >= 0.3 is 0 Å². The number of benzene rings is 2. The topological polar surface area (TPSA) is 92.9 Å². The molecule has 0 unspecified atom stereocenters. The molecule has 0 aliphatic carbocycles. The predicted molar refractivity (Wildman–Crippen MR) is 144 cm³/mol. The SMILES string of the molecule is CCOc1ccc(CN2CCC(Nc3nc4ccnc(CO)c4o3)CC2)c(OCC)c1-c1ccc(F)cc1. The highest BCUT2D eigenvalue weighted by atomic mass is 19.1. The summed E-state index contributed by atoms with van der Waals surface area (Å²) >= 11 is 0. The fraction of sp³-hybridized carbons (Fsp3) is 0.379. The molecule has 0 spiro atoms. The monoisotopic (exact) mass is 520 g/mol. The van der Waals surface area contributed by atoms with E-state index in [-0.39, 0.29) is 18.5 Å². The number of ether oxygens (including phenoxy) is 2. The molecule has 0 bridgehead atoms. The Morgan fingerprint density at radius 1 is 1.05 bits per heavy atom. The number of aromatic nitrogens is 2. The molecule has 1 aliphatic heterocycles. The number of halogens is 1. The summed E-state index contributed by atoms with van der Waals surface area (Å²) in [6.45, 7) is 7.29. The first-order valence-electron chi connectivity index (χ1n) is 13.1. The van der Waals surface area contributed by atoms with Gasteiger partial charge in [0.15, 0.2) is 5.58 Å². The molecule has 1 aliphatic rings. The fourth-order valence-corrected chi connectivity index (χ4v) is 4.94. The van der Waals surface area contributed by atoms with Gasteiger partial charge < -0.3 is 24.3 Å². The summed E-state index contributed by atoms with van der Waals surface area (Å²) in [6, 6.07) is 13.0. The number of hydrogen-bond donors (Lipinski definition) is 2. The number of likely N-dealkylation sites (tertiary alicyclic amines) is 1. The zero-order valence-corrected chi connectivity index (χ0v) is 21.7. The van der Waals surface area contributed by atoms with Crippen LogP contribution in [0.15, 0.2) is 53.1 Å². The van der Waals surface area contributed by atoms with Crippen molar-refractivity contribution >= 4 is 17.1 Å². The standard InChI is InChI=1S/C29H33FN4O4/c1-3-36-25-10-7-20(27(37-4-2)26(25)19-5-8-21(30)9-6-19)17-34-15-12-22(13-16-34)32-29-33-23-11-14-31-24(18-35)28(23)38-29/h5-11,14,22,35H,3-4,12-13,15-18H2,1-2H3,(H,32,33). The third kappa shape index (κ3) is 5.58. The van der Waals surface area contributed by atoms with Gasteiger partial charge in [-0.05, 0) is 56.5 Å². The van der Waals surface area contributed by atoms with Crippen LogP contribution in [0.5, 0.6) is 11.5 Å². The Kier molecular flexibility index (Phi) is 8.05. The van der Waals surface area contributed by atoms with Gasteiger partial charge in [-0.3, -0.25) is 9.88 Å². The molecule has 0 radical (unpaired) electrons. The highest BCUT2D eigenvalue weighted by Gasteiger charge is 2.24. The second kappa shape index (κ2) is 11.8. The minimum Gasteiger partial charge on any atom is -0.493 e. The Balaban J connectivity index is 1.30. The average molecular weight is 521 g/mol. The molecule has 4 aromatic rings. The second-order valence-electron chi connectivity index (χ2n) is 9.28. The summed E-state index contributed by atoms with van der Waals surface area (Å²) in [7, 11) is 0. The Morgan fingerprint density at radius 3 is 2.53 bits per heavy atom. The maximum absolute atomic E-state index is 13.6. The van der Waals surface area contributed by atoms with E-state index in [9.17, 15) is 9.50 Å². The van der Waals surface area contributed by atoms with Gasteiger partial charge in [0.25, 0.3) is 6.01 Å². The molecule has 0 saturated carbocycles. The lowest BCUT2D eigenvalue weighted by Gasteiger charge is -2.32. The lowest BCUT2D eigenvalue weighted by Crippen LogP contribution is -2.38. The summed E-state index contributed by atoms with van der Waals surface area (Å²) in [4.78, 5) is 11.1. The average Bonchev–Trinajstić information content (AvgIpc) is 3.35. The van der Waals surface area contributed by atoms with E-state index in [4.69, 9.17) is 13.9 Å². The van der Waals surface area contributed by atoms with Crippen molar-refractivity contribution in [3.63, 3.8) is 0 Å².